The summed E-state index contributed by atoms with van der Waals surface area (Å²) in [6.45, 7) is 1.94. The fourth-order valence-corrected chi connectivity index (χ4v) is 2.90. The Balaban J connectivity index is 2.77. The van der Waals surface area contributed by atoms with E-state index in [0.29, 0.717) is 4.34 Å². The van der Waals surface area contributed by atoms with Crippen molar-refractivity contribution in [3.05, 3.63) is 17.7 Å². The Kier molecular flexibility index (Phi) is 2.61. The molecule has 2 rings (SSSR count). The number of fused-ring (bicyclic) bond motifs is 1. The number of nitrogens with two attached hydrogens (primary N) is 1. The van der Waals surface area contributed by atoms with Gasteiger partial charge in [0.25, 0.3) is 0 Å². The standard InChI is InChI=1S/C8H8N2OS3/c1-4-5(12)2-3-6-7(4)10-8(13-6)14(9)11/h2-3,12H,9H2,1H3. The van der Waals surface area contributed by atoms with Crippen molar-refractivity contribution in [2.75, 3.05) is 0 Å². The molecule has 0 bridgehead atoms. The normalized spacial score (nSPS) is 13.4. The largest absolute Gasteiger partial charge is 0.246 e. The number of rotatable bonds is 1. The minimum Gasteiger partial charge on any atom is -0.246 e. The van der Waals surface area contributed by atoms with Crippen LogP contribution in [0.3, 0.4) is 0 Å². The van der Waals surface area contributed by atoms with Gasteiger partial charge in [0.15, 0.2) is 15.3 Å². The second-order valence-electron chi connectivity index (χ2n) is 2.83. The summed E-state index contributed by atoms with van der Waals surface area (Å²) in [5, 5.41) is 5.27. The van der Waals surface area contributed by atoms with E-state index in [2.05, 4.69) is 17.6 Å². The molecule has 1 aromatic heterocycles. The summed E-state index contributed by atoms with van der Waals surface area (Å²) in [5.74, 6) is 0. The first kappa shape index (κ1) is 10.1. The molecule has 74 valence electrons. The molecule has 0 aliphatic rings. The summed E-state index contributed by atoms with van der Waals surface area (Å²) in [6.07, 6.45) is 0. The average molecular weight is 244 g/mol. The summed E-state index contributed by atoms with van der Waals surface area (Å²) in [5.41, 5.74) is 1.84. The molecule has 1 heterocycles. The molecule has 3 nitrogen and oxygen atoms in total. The zero-order valence-corrected chi connectivity index (χ0v) is 9.88. The van der Waals surface area contributed by atoms with Crippen LogP contribution in [0.15, 0.2) is 21.4 Å². The molecule has 0 amide bonds. The number of nitrogens with zero attached hydrogens (tertiary/aromatic N) is 1. The van der Waals surface area contributed by atoms with Crippen molar-refractivity contribution in [2.45, 2.75) is 16.2 Å². The van der Waals surface area contributed by atoms with Crippen molar-refractivity contribution >= 4 is 45.2 Å². The molecule has 6 heteroatoms. The summed E-state index contributed by atoms with van der Waals surface area (Å²) in [6, 6.07) is 3.82. The van der Waals surface area contributed by atoms with Gasteiger partial charge in [-0.2, -0.15) is 0 Å². The van der Waals surface area contributed by atoms with Crippen LogP contribution in [-0.2, 0) is 11.0 Å². The maximum absolute atomic E-state index is 11.0. The van der Waals surface area contributed by atoms with E-state index in [1.54, 1.807) is 0 Å². The van der Waals surface area contributed by atoms with Crippen LogP contribution >= 0.6 is 24.0 Å². The number of aryl methyl sites for hydroxylation is 1. The first-order chi connectivity index (χ1) is 6.59. The highest BCUT2D eigenvalue weighted by atomic mass is 32.2. The third kappa shape index (κ3) is 1.58. The van der Waals surface area contributed by atoms with Gasteiger partial charge >= 0.3 is 0 Å². The lowest BCUT2D eigenvalue weighted by atomic mass is 10.2. The van der Waals surface area contributed by atoms with Crippen molar-refractivity contribution in [1.29, 1.82) is 0 Å². The molecule has 0 spiro atoms. The fraction of sp³-hybridized carbons (Fsp3) is 0.125. The first-order valence-electron chi connectivity index (χ1n) is 3.85. The fourth-order valence-electron chi connectivity index (χ4n) is 1.18. The number of thiazole rings is 1. The second-order valence-corrected chi connectivity index (χ2v) is 5.59. The van der Waals surface area contributed by atoms with E-state index < -0.39 is 11.0 Å². The van der Waals surface area contributed by atoms with Crippen LogP contribution in [0.5, 0.6) is 0 Å². The van der Waals surface area contributed by atoms with Gasteiger partial charge in [-0.05, 0) is 24.6 Å². The molecular formula is C8H8N2OS3. The number of aromatic nitrogens is 1. The zero-order chi connectivity index (χ0) is 10.3. The van der Waals surface area contributed by atoms with Crippen LogP contribution in [0.25, 0.3) is 10.2 Å². The molecule has 0 aliphatic heterocycles. The molecule has 1 atom stereocenters. The molecule has 0 aliphatic carbocycles. The Morgan fingerprint density at radius 3 is 2.93 bits per heavy atom. The first-order valence-corrected chi connectivity index (χ1v) is 6.32. The smallest absolute Gasteiger partial charge is 0.197 e. The third-order valence-corrected chi connectivity index (χ3v) is 4.42. The number of thiol groups is 1. The van der Waals surface area contributed by atoms with Crippen LogP contribution in [0.1, 0.15) is 5.56 Å². The van der Waals surface area contributed by atoms with Gasteiger partial charge in [0.2, 0.25) is 0 Å². The maximum Gasteiger partial charge on any atom is 0.197 e. The van der Waals surface area contributed by atoms with Crippen LogP contribution in [0.2, 0.25) is 0 Å². The van der Waals surface area contributed by atoms with E-state index in [0.717, 1.165) is 20.7 Å². The van der Waals surface area contributed by atoms with Gasteiger partial charge < -0.3 is 0 Å². The number of benzene rings is 1. The van der Waals surface area contributed by atoms with Gasteiger partial charge in [0, 0.05) is 4.90 Å². The molecule has 1 unspecified atom stereocenters. The monoisotopic (exact) mass is 244 g/mol. The highest BCUT2D eigenvalue weighted by molar-refractivity contribution is 7.85. The lowest BCUT2D eigenvalue weighted by Crippen LogP contribution is -2.01. The molecule has 0 radical (unpaired) electrons. The van der Waals surface area contributed by atoms with E-state index >= 15 is 0 Å². The van der Waals surface area contributed by atoms with E-state index in [1.807, 2.05) is 19.1 Å². The van der Waals surface area contributed by atoms with E-state index in [-0.39, 0.29) is 0 Å². The SMILES string of the molecule is Cc1c(S)ccc2sc(S(N)=O)nc12. The number of hydrogen-bond donors (Lipinski definition) is 2. The Bertz CT molecular complexity index is 521. The van der Waals surface area contributed by atoms with Crippen molar-refractivity contribution in [1.82, 2.24) is 4.98 Å². The van der Waals surface area contributed by atoms with Gasteiger partial charge in [-0.1, -0.05) is 0 Å². The Labute approximate surface area is 93.3 Å². The Morgan fingerprint density at radius 1 is 1.57 bits per heavy atom. The van der Waals surface area contributed by atoms with Gasteiger partial charge in [0.05, 0.1) is 10.2 Å². The van der Waals surface area contributed by atoms with Crippen LogP contribution in [0.4, 0.5) is 0 Å². The van der Waals surface area contributed by atoms with Gasteiger partial charge in [-0.25, -0.2) is 14.3 Å². The van der Waals surface area contributed by atoms with Crippen molar-refractivity contribution < 1.29 is 4.21 Å². The molecular weight excluding hydrogens is 236 g/mol. The average Bonchev–Trinajstić information content (AvgIpc) is 2.56. The minimum atomic E-state index is -1.49. The minimum absolute atomic E-state index is 0.460. The van der Waals surface area contributed by atoms with Crippen LogP contribution in [-0.4, -0.2) is 9.19 Å². The quantitative estimate of drug-likeness (QED) is 0.752. The highest BCUT2D eigenvalue weighted by Crippen LogP contribution is 2.29. The second kappa shape index (κ2) is 3.62. The molecule has 2 aromatic rings. The zero-order valence-electron chi connectivity index (χ0n) is 7.35. The maximum atomic E-state index is 11.0. The summed E-state index contributed by atoms with van der Waals surface area (Å²) >= 11 is 5.65. The van der Waals surface area contributed by atoms with E-state index in [4.69, 9.17) is 5.14 Å². The van der Waals surface area contributed by atoms with Crippen molar-refractivity contribution in [3.8, 4) is 0 Å². The Hall–Kier alpha value is -0.430. The van der Waals surface area contributed by atoms with Crippen molar-refractivity contribution in [3.63, 3.8) is 0 Å². The van der Waals surface area contributed by atoms with E-state index in [1.165, 1.54) is 11.3 Å². The molecule has 0 fully saturated rings. The predicted molar refractivity (Wildman–Crippen MR) is 62.2 cm³/mol. The molecule has 2 N–H and O–H groups in total. The third-order valence-electron chi connectivity index (χ3n) is 1.94. The van der Waals surface area contributed by atoms with Crippen LogP contribution in [0, 0.1) is 6.92 Å². The molecule has 1 aromatic carbocycles. The molecule has 0 saturated carbocycles. The van der Waals surface area contributed by atoms with Gasteiger partial charge in [0.1, 0.15) is 0 Å². The van der Waals surface area contributed by atoms with Crippen LogP contribution < -0.4 is 5.14 Å². The lowest BCUT2D eigenvalue weighted by Gasteiger charge is -1.97. The number of hydrogen-bond acceptors (Lipinski definition) is 4. The van der Waals surface area contributed by atoms with Gasteiger partial charge in [-0.15, -0.1) is 24.0 Å². The van der Waals surface area contributed by atoms with Crippen molar-refractivity contribution in [2.24, 2.45) is 5.14 Å². The van der Waals surface area contributed by atoms with E-state index in [9.17, 15) is 4.21 Å². The van der Waals surface area contributed by atoms with Gasteiger partial charge in [-0.3, -0.25) is 0 Å². The summed E-state index contributed by atoms with van der Waals surface area (Å²) in [4.78, 5) is 5.10. The molecule has 14 heavy (non-hydrogen) atoms. The lowest BCUT2D eigenvalue weighted by molar-refractivity contribution is 0.684. The highest BCUT2D eigenvalue weighted by Gasteiger charge is 2.10. The summed E-state index contributed by atoms with van der Waals surface area (Å²) < 4.78 is 12.5. The predicted octanol–water partition coefficient (Wildman–Crippen LogP) is 1.87. The Morgan fingerprint density at radius 2 is 2.29 bits per heavy atom. The molecule has 0 saturated heterocycles. The topological polar surface area (TPSA) is 56.0 Å². The summed E-state index contributed by atoms with van der Waals surface area (Å²) in [7, 11) is -1.49.